The summed E-state index contributed by atoms with van der Waals surface area (Å²) in [7, 11) is 0. The minimum absolute atomic E-state index is 0.148. The Morgan fingerprint density at radius 2 is 1.66 bits per heavy atom. The third kappa shape index (κ3) is 4.52. The number of hydrogen-bond donors (Lipinski definition) is 0. The number of hydrogen-bond acceptors (Lipinski definition) is 6. The van der Waals surface area contributed by atoms with E-state index in [-0.39, 0.29) is 11.2 Å². The summed E-state index contributed by atoms with van der Waals surface area (Å²) in [6.07, 6.45) is 1.82. The van der Waals surface area contributed by atoms with E-state index in [0.29, 0.717) is 19.8 Å². The van der Waals surface area contributed by atoms with E-state index >= 15 is 0 Å². The first-order valence-electron chi connectivity index (χ1n) is 11.1. The highest BCUT2D eigenvalue weighted by molar-refractivity contribution is 8.00. The lowest BCUT2D eigenvalue weighted by Gasteiger charge is -2.32. The van der Waals surface area contributed by atoms with Crippen LogP contribution in [0.4, 0.5) is 11.6 Å². The van der Waals surface area contributed by atoms with Gasteiger partial charge in [-0.1, -0.05) is 60.3 Å². The molecule has 0 aliphatic carbocycles. The Bertz CT molecular complexity index is 1040. The number of rotatable bonds is 6. The molecule has 2 fully saturated rings. The van der Waals surface area contributed by atoms with E-state index < -0.39 is 0 Å². The maximum Gasteiger partial charge on any atom is 0.240 e. The lowest BCUT2D eigenvalue weighted by atomic mass is 10.1. The zero-order valence-corrected chi connectivity index (χ0v) is 18.8. The molecule has 5 rings (SSSR count). The molecule has 1 unspecified atom stereocenters. The van der Waals surface area contributed by atoms with E-state index in [1.54, 1.807) is 11.8 Å². The van der Waals surface area contributed by atoms with Crippen LogP contribution in [0.1, 0.15) is 18.4 Å². The molecule has 8 heteroatoms. The molecule has 2 aliphatic rings. The molecule has 0 N–H and O–H groups in total. The number of carbonyl (C=O) groups excluding carboxylic acids is 1. The number of carbonyl (C=O) groups is 1. The van der Waals surface area contributed by atoms with Crippen molar-refractivity contribution in [3.63, 3.8) is 0 Å². The molecular formula is C24H27N5O2S. The van der Waals surface area contributed by atoms with Gasteiger partial charge in [-0.25, -0.2) is 0 Å². The van der Waals surface area contributed by atoms with Gasteiger partial charge in [0, 0.05) is 25.3 Å². The highest BCUT2D eigenvalue weighted by atomic mass is 32.2. The first kappa shape index (κ1) is 21.0. The van der Waals surface area contributed by atoms with E-state index in [4.69, 9.17) is 4.74 Å². The van der Waals surface area contributed by atoms with Crippen molar-refractivity contribution in [2.45, 2.75) is 29.8 Å². The number of morpholine rings is 1. The molecule has 1 atom stereocenters. The molecular weight excluding hydrogens is 422 g/mol. The molecule has 0 bridgehead atoms. The molecule has 3 heterocycles. The molecule has 0 saturated carbocycles. The standard InChI is InChI=1S/C24H27N5O2S/c30-22-21(12-7-13-28(22)20-10-5-2-6-11-20)32-24-26-25-23(27-14-16-31-17-15-27)29(24)18-19-8-3-1-4-9-19/h1-6,8-11,21H,7,12-18H2. The van der Waals surface area contributed by atoms with E-state index in [1.807, 2.05) is 53.4 Å². The van der Waals surface area contributed by atoms with Crippen LogP contribution in [0.15, 0.2) is 65.8 Å². The predicted molar refractivity (Wildman–Crippen MR) is 126 cm³/mol. The van der Waals surface area contributed by atoms with Crippen LogP contribution in [-0.2, 0) is 16.1 Å². The molecule has 32 heavy (non-hydrogen) atoms. The van der Waals surface area contributed by atoms with Crippen LogP contribution in [0.3, 0.4) is 0 Å². The van der Waals surface area contributed by atoms with Gasteiger partial charge in [0.1, 0.15) is 0 Å². The van der Waals surface area contributed by atoms with Gasteiger partial charge < -0.3 is 14.5 Å². The third-order valence-corrected chi connectivity index (χ3v) is 7.11. The van der Waals surface area contributed by atoms with Gasteiger partial charge in [0.15, 0.2) is 5.16 Å². The molecule has 1 aromatic heterocycles. The summed E-state index contributed by atoms with van der Waals surface area (Å²) in [5, 5.41) is 9.71. The van der Waals surface area contributed by atoms with Crippen molar-refractivity contribution in [1.82, 2.24) is 14.8 Å². The van der Waals surface area contributed by atoms with Crippen LogP contribution < -0.4 is 9.80 Å². The van der Waals surface area contributed by atoms with E-state index in [2.05, 4.69) is 31.8 Å². The summed E-state index contributed by atoms with van der Waals surface area (Å²) in [5.74, 6) is 0.998. The Kier molecular flexibility index (Phi) is 6.41. The Balaban J connectivity index is 1.41. The first-order valence-corrected chi connectivity index (χ1v) is 12.0. The van der Waals surface area contributed by atoms with Gasteiger partial charge in [0.05, 0.1) is 25.0 Å². The van der Waals surface area contributed by atoms with Crippen molar-refractivity contribution in [3.8, 4) is 0 Å². The molecule has 2 aliphatic heterocycles. The van der Waals surface area contributed by atoms with Gasteiger partial charge in [0.25, 0.3) is 0 Å². The maximum absolute atomic E-state index is 13.3. The van der Waals surface area contributed by atoms with Crippen molar-refractivity contribution in [2.24, 2.45) is 0 Å². The van der Waals surface area contributed by atoms with Crippen molar-refractivity contribution in [2.75, 3.05) is 42.6 Å². The second-order valence-electron chi connectivity index (χ2n) is 8.03. The van der Waals surface area contributed by atoms with Gasteiger partial charge in [0.2, 0.25) is 11.9 Å². The Morgan fingerprint density at radius 1 is 0.938 bits per heavy atom. The fraction of sp³-hybridized carbons (Fsp3) is 0.375. The van der Waals surface area contributed by atoms with Crippen LogP contribution in [0.2, 0.25) is 0 Å². The van der Waals surface area contributed by atoms with Crippen LogP contribution in [0.25, 0.3) is 0 Å². The zero-order valence-electron chi connectivity index (χ0n) is 18.0. The summed E-state index contributed by atoms with van der Waals surface area (Å²) in [5.41, 5.74) is 2.15. The number of thioether (sulfide) groups is 1. The highest BCUT2D eigenvalue weighted by Crippen LogP contribution is 2.33. The third-order valence-electron chi connectivity index (χ3n) is 5.88. The predicted octanol–water partition coefficient (Wildman–Crippen LogP) is 3.45. The van der Waals surface area contributed by atoms with Crippen LogP contribution in [0.5, 0.6) is 0 Å². The number of benzene rings is 2. The molecule has 2 aromatic carbocycles. The minimum Gasteiger partial charge on any atom is -0.378 e. The van der Waals surface area contributed by atoms with Crippen molar-refractivity contribution in [1.29, 1.82) is 0 Å². The van der Waals surface area contributed by atoms with Crippen LogP contribution in [0, 0.1) is 0 Å². The number of piperidine rings is 1. The number of amides is 1. The number of ether oxygens (including phenoxy) is 1. The first-order chi connectivity index (χ1) is 15.8. The maximum atomic E-state index is 13.3. The zero-order chi connectivity index (χ0) is 21.8. The molecule has 0 radical (unpaired) electrons. The Labute approximate surface area is 192 Å². The van der Waals surface area contributed by atoms with Crippen molar-refractivity contribution < 1.29 is 9.53 Å². The molecule has 2 saturated heterocycles. The Hall–Kier alpha value is -2.84. The largest absolute Gasteiger partial charge is 0.378 e. The second-order valence-corrected chi connectivity index (χ2v) is 9.20. The lowest BCUT2D eigenvalue weighted by Crippen LogP contribution is -2.43. The highest BCUT2D eigenvalue weighted by Gasteiger charge is 2.32. The molecule has 166 valence electrons. The molecule has 0 spiro atoms. The van der Waals surface area contributed by atoms with Gasteiger partial charge in [-0.05, 0) is 30.5 Å². The average Bonchev–Trinajstić information content (AvgIpc) is 3.24. The average molecular weight is 450 g/mol. The van der Waals surface area contributed by atoms with Crippen molar-refractivity contribution in [3.05, 3.63) is 66.2 Å². The summed E-state index contributed by atoms with van der Waals surface area (Å²) in [4.78, 5) is 17.5. The monoisotopic (exact) mass is 449 g/mol. The topological polar surface area (TPSA) is 63.5 Å². The van der Waals surface area contributed by atoms with Crippen molar-refractivity contribution >= 4 is 29.3 Å². The lowest BCUT2D eigenvalue weighted by molar-refractivity contribution is -0.119. The smallest absolute Gasteiger partial charge is 0.240 e. The fourth-order valence-corrected chi connectivity index (χ4v) is 5.34. The van der Waals surface area contributed by atoms with E-state index in [1.165, 1.54) is 5.56 Å². The molecule has 3 aromatic rings. The van der Waals surface area contributed by atoms with Crippen LogP contribution >= 0.6 is 11.8 Å². The van der Waals surface area contributed by atoms with E-state index in [0.717, 1.165) is 49.3 Å². The van der Waals surface area contributed by atoms with E-state index in [9.17, 15) is 4.79 Å². The number of aromatic nitrogens is 3. The summed E-state index contributed by atoms with van der Waals surface area (Å²) < 4.78 is 7.67. The van der Waals surface area contributed by atoms with Gasteiger partial charge in [-0.2, -0.15) is 0 Å². The minimum atomic E-state index is -0.166. The normalized spacial score (nSPS) is 19.4. The summed E-state index contributed by atoms with van der Waals surface area (Å²) in [6.45, 7) is 4.40. The SMILES string of the molecule is O=C1C(Sc2nnc(N3CCOCC3)n2Cc2ccccc2)CCCN1c1ccccc1. The Morgan fingerprint density at radius 3 is 2.41 bits per heavy atom. The molecule has 1 amide bonds. The number of anilines is 2. The summed E-state index contributed by atoms with van der Waals surface area (Å²) >= 11 is 1.54. The van der Waals surface area contributed by atoms with Gasteiger partial charge in [-0.15, -0.1) is 10.2 Å². The van der Waals surface area contributed by atoms with Crippen LogP contribution in [-0.4, -0.2) is 58.8 Å². The number of nitrogens with zero attached hydrogens (tertiary/aromatic N) is 5. The quantitative estimate of drug-likeness (QED) is 0.574. The summed E-state index contributed by atoms with van der Waals surface area (Å²) in [6, 6.07) is 20.3. The second kappa shape index (κ2) is 9.75. The molecule has 7 nitrogen and oxygen atoms in total. The van der Waals surface area contributed by atoms with Gasteiger partial charge in [-0.3, -0.25) is 9.36 Å². The fourth-order valence-electron chi connectivity index (χ4n) is 4.21. The number of para-hydroxylation sites is 1. The van der Waals surface area contributed by atoms with Gasteiger partial charge >= 0.3 is 0 Å².